The van der Waals surface area contributed by atoms with Crippen molar-refractivity contribution in [3.05, 3.63) is 29.8 Å². The molecule has 0 bridgehead atoms. The number of rotatable bonds is 9. The van der Waals surface area contributed by atoms with Gasteiger partial charge in [-0.15, -0.1) is 0 Å². The van der Waals surface area contributed by atoms with Crippen molar-refractivity contribution in [1.29, 1.82) is 0 Å². The fourth-order valence-electron chi connectivity index (χ4n) is 2.26. The predicted octanol–water partition coefficient (Wildman–Crippen LogP) is 2.98. The van der Waals surface area contributed by atoms with Crippen LogP contribution in [0.3, 0.4) is 0 Å². The Morgan fingerprint density at radius 2 is 2.05 bits per heavy atom. The van der Waals surface area contributed by atoms with E-state index in [4.69, 9.17) is 5.73 Å². The highest BCUT2D eigenvalue weighted by molar-refractivity contribution is 5.90. The van der Waals surface area contributed by atoms with Crippen molar-refractivity contribution in [2.45, 2.75) is 52.6 Å². The zero-order valence-corrected chi connectivity index (χ0v) is 13.6. The van der Waals surface area contributed by atoms with Gasteiger partial charge < -0.3 is 11.1 Å². The summed E-state index contributed by atoms with van der Waals surface area (Å²) >= 11 is 0. The molecule has 0 radical (unpaired) electrons. The molecule has 0 saturated heterocycles. The number of hydrogen-bond donors (Lipinski definition) is 2. The molecule has 4 heteroatoms. The van der Waals surface area contributed by atoms with Gasteiger partial charge in [0.1, 0.15) is 0 Å². The molecule has 0 saturated carbocycles. The number of nitrogens with zero attached hydrogens (tertiary/aromatic N) is 1. The number of benzene rings is 1. The van der Waals surface area contributed by atoms with Crippen LogP contribution in [0.4, 0.5) is 5.69 Å². The average Bonchev–Trinajstić information content (AvgIpc) is 2.44. The summed E-state index contributed by atoms with van der Waals surface area (Å²) < 4.78 is 0. The lowest BCUT2D eigenvalue weighted by atomic mass is 10.1. The standard InChI is InChI=1S/C17H29N3O/c1-4-20(5-2)13-15-9-7-10-16(12-15)19-17(21)11-6-8-14(3)18/h7,9-10,12,14H,4-6,8,11,13,18H2,1-3H3,(H,19,21). The van der Waals surface area contributed by atoms with Gasteiger partial charge in [0.15, 0.2) is 0 Å². The lowest BCUT2D eigenvalue weighted by Crippen LogP contribution is -2.22. The number of carbonyl (C=O) groups is 1. The third-order valence-electron chi connectivity index (χ3n) is 3.57. The fourth-order valence-corrected chi connectivity index (χ4v) is 2.26. The molecule has 0 spiro atoms. The molecule has 0 heterocycles. The average molecular weight is 291 g/mol. The molecule has 0 aliphatic heterocycles. The van der Waals surface area contributed by atoms with Crippen LogP contribution in [0.25, 0.3) is 0 Å². The van der Waals surface area contributed by atoms with Crippen LogP contribution >= 0.6 is 0 Å². The van der Waals surface area contributed by atoms with E-state index in [0.717, 1.165) is 38.2 Å². The van der Waals surface area contributed by atoms with E-state index >= 15 is 0 Å². The van der Waals surface area contributed by atoms with Crippen LogP contribution in [-0.4, -0.2) is 29.9 Å². The molecule has 21 heavy (non-hydrogen) atoms. The van der Waals surface area contributed by atoms with E-state index in [1.54, 1.807) is 0 Å². The van der Waals surface area contributed by atoms with Crippen molar-refractivity contribution in [3.63, 3.8) is 0 Å². The summed E-state index contributed by atoms with van der Waals surface area (Å²) in [6, 6.07) is 8.26. The van der Waals surface area contributed by atoms with Gasteiger partial charge in [-0.25, -0.2) is 0 Å². The van der Waals surface area contributed by atoms with Crippen LogP contribution in [0.2, 0.25) is 0 Å². The highest BCUT2D eigenvalue weighted by atomic mass is 16.1. The van der Waals surface area contributed by atoms with Crippen molar-refractivity contribution < 1.29 is 4.79 Å². The molecule has 118 valence electrons. The molecule has 1 aromatic carbocycles. The SMILES string of the molecule is CCN(CC)Cc1cccc(NC(=O)CCCC(C)N)c1. The Bertz CT molecular complexity index is 428. The van der Waals surface area contributed by atoms with Gasteiger partial charge in [0, 0.05) is 24.7 Å². The second-order valence-corrected chi connectivity index (χ2v) is 5.58. The zero-order chi connectivity index (χ0) is 15.7. The minimum atomic E-state index is 0.0654. The van der Waals surface area contributed by atoms with E-state index in [2.05, 4.69) is 36.2 Å². The van der Waals surface area contributed by atoms with Gasteiger partial charge in [-0.2, -0.15) is 0 Å². The maximum Gasteiger partial charge on any atom is 0.224 e. The Balaban J connectivity index is 2.50. The number of amides is 1. The van der Waals surface area contributed by atoms with Gasteiger partial charge in [-0.1, -0.05) is 26.0 Å². The van der Waals surface area contributed by atoms with Crippen LogP contribution in [-0.2, 0) is 11.3 Å². The zero-order valence-electron chi connectivity index (χ0n) is 13.6. The second kappa shape index (κ2) is 9.53. The Hall–Kier alpha value is -1.39. The van der Waals surface area contributed by atoms with Gasteiger partial charge in [-0.3, -0.25) is 9.69 Å². The largest absolute Gasteiger partial charge is 0.328 e. The smallest absolute Gasteiger partial charge is 0.224 e. The highest BCUT2D eigenvalue weighted by Crippen LogP contribution is 2.13. The van der Waals surface area contributed by atoms with Crippen molar-refractivity contribution in [3.8, 4) is 0 Å². The molecule has 1 amide bonds. The van der Waals surface area contributed by atoms with Crippen LogP contribution in [0.1, 0.15) is 45.6 Å². The lowest BCUT2D eigenvalue weighted by Gasteiger charge is -2.18. The van der Waals surface area contributed by atoms with Gasteiger partial charge in [0.25, 0.3) is 0 Å². The number of carbonyl (C=O) groups excluding carboxylic acids is 1. The van der Waals surface area contributed by atoms with E-state index in [1.807, 2.05) is 19.1 Å². The number of nitrogens with two attached hydrogens (primary N) is 1. The molecule has 1 atom stereocenters. The summed E-state index contributed by atoms with van der Waals surface area (Å²) in [5.41, 5.74) is 7.80. The molecule has 3 N–H and O–H groups in total. The molecule has 0 aromatic heterocycles. The van der Waals surface area contributed by atoms with E-state index in [-0.39, 0.29) is 11.9 Å². The van der Waals surface area contributed by atoms with Crippen LogP contribution < -0.4 is 11.1 Å². The first kappa shape index (κ1) is 17.7. The summed E-state index contributed by atoms with van der Waals surface area (Å²) in [7, 11) is 0. The highest BCUT2D eigenvalue weighted by Gasteiger charge is 2.05. The summed E-state index contributed by atoms with van der Waals surface area (Å²) in [6.45, 7) is 9.27. The first-order chi connectivity index (χ1) is 10.0. The summed E-state index contributed by atoms with van der Waals surface area (Å²) in [5.74, 6) is 0.0654. The first-order valence-corrected chi connectivity index (χ1v) is 7.91. The van der Waals surface area contributed by atoms with Crippen molar-refractivity contribution in [2.24, 2.45) is 5.73 Å². The summed E-state index contributed by atoms with van der Waals surface area (Å²) in [5, 5.41) is 2.97. The van der Waals surface area contributed by atoms with Gasteiger partial charge >= 0.3 is 0 Å². The van der Waals surface area contributed by atoms with Crippen LogP contribution in [0.5, 0.6) is 0 Å². The van der Waals surface area contributed by atoms with Gasteiger partial charge in [-0.05, 0) is 50.6 Å². The molecule has 4 nitrogen and oxygen atoms in total. The number of nitrogens with one attached hydrogen (secondary N) is 1. The number of hydrogen-bond acceptors (Lipinski definition) is 3. The molecule has 0 aliphatic rings. The molecular weight excluding hydrogens is 262 g/mol. The third-order valence-corrected chi connectivity index (χ3v) is 3.57. The van der Waals surface area contributed by atoms with Crippen LogP contribution in [0, 0.1) is 0 Å². The quantitative estimate of drug-likeness (QED) is 0.735. The maximum absolute atomic E-state index is 11.9. The van der Waals surface area contributed by atoms with Crippen molar-refractivity contribution in [2.75, 3.05) is 18.4 Å². The van der Waals surface area contributed by atoms with E-state index in [0.29, 0.717) is 6.42 Å². The Labute approximate surface area is 128 Å². The lowest BCUT2D eigenvalue weighted by molar-refractivity contribution is -0.116. The summed E-state index contributed by atoms with van der Waals surface area (Å²) in [6.07, 6.45) is 2.25. The van der Waals surface area contributed by atoms with E-state index < -0.39 is 0 Å². The van der Waals surface area contributed by atoms with Crippen molar-refractivity contribution in [1.82, 2.24) is 4.90 Å². The molecule has 0 fully saturated rings. The molecule has 0 aliphatic carbocycles. The summed E-state index contributed by atoms with van der Waals surface area (Å²) in [4.78, 5) is 14.2. The molecular formula is C17H29N3O. The minimum Gasteiger partial charge on any atom is -0.328 e. The second-order valence-electron chi connectivity index (χ2n) is 5.58. The van der Waals surface area contributed by atoms with E-state index in [9.17, 15) is 4.79 Å². The fraction of sp³-hybridized carbons (Fsp3) is 0.588. The topological polar surface area (TPSA) is 58.4 Å². The molecule has 1 unspecified atom stereocenters. The van der Waals surface area contributed by atoms with Crippen LogP contribution in [0.15, 0.2) is 24.3 Å². The first-order valence-electron chi connectivity index (χ1n) is 7.91. The molecule has 1 aromatic rings. The Morgan fingerprint density at radius 3 is 2.67 bits per heavy atom. The Morgan fingerprint density at radius 1 is 1.33 bits per heavy atom. The van der Waals surface area contributed by atoms with Crippen molar-refractivity contribution >= 4 is 11.6 Å². The van der Waals surface area contributed by atoms with Gasteiger partial charge in [0.05, 0.1) is 0 Å². The Kier molecular flexibility index (Phi) is 8.01. The maximum atomic E-state index is 11.9. The van der Waals surface area contributed by atoms with Gasteiger partial charge in [0.2, 0.25) is 5.91 Å². The van der Waals surface area contributed by atoms with E-state index in [1.165, 1.54) is 5.56 Å². The number of anilines is 1. The molecule has 1 rings (SSSR count). The monoisotopic (exact) mass is 291 g/mol. The predicted molar refractivity (Wildman–Crippen MR) is 89.2 cm³/mol. The normalized spacial score (nSPS) is 12.4. The third kappa shape index (κ3) is 7.25. The minimum absolute atomic E-state index is 0.0654.